The summed E-state index contributed by atoms with van der Waals surface area (Å²) in [7, 11) is 2.85. The van der Waals surface area contributed by atoms with Crippen LogP contribution in [0.15, 0.2) is 18.2 Å². The van der Waals surface area contributed by atoms with E-state index in [9.17, 15) is 9.90 Å². The van der Waals surface area contributed by atoms with Gasteiger partial charge in [-0.15, -0.1) is 0 Å². The van der Waals surface area contributed by atoms with Crippen LogP contribution in [0.25, 0.3) is 10.8 Å². The smallest absolute Gasteiger partial charge is 0.311 e. The average molecular weight is 290 g/mol. The summed E-state index contributed by atoms with van der Waals surface area (Å²) in [6, 6.07) is 5.44. The van der Waals surface area contributed by atoms with Crippen LogP contribution in [0.2, 0.25) is 0 Å². The number of carbonyl (C=O) groups is 1. The van der Waals surface area contributed by atoms with E-state index in [1.165, 1.54) is 14.2 Å². The first kappa shape index (κ1) is 15.0. The van der Waals surface area contributed by atoms with Crippen molar-refractivity contribution in [2.24, 2.45) is 0 Å². The molecule has 0 aliphatic rings. The van der Waals surface area contributed by atoms with Gasteiger partial charge in [-0.25, -0.2) is 0 Å². The van der Waals surface area contributed by atoms with Crippen LogP contribution in [0.3, 0.4) is 0 Å². The molecule has 0 spiro atoms. The summed E-state index contributed by atoms with van der Waals surface area (Å²) in [5.74, 6) is 0.185. The van der Waals surface area contributed by atoms with Crippen molar-refractivity contribution in [1.82, 2.24) is 0 Å². The van der Waals surface area contributed by atoms with Crippen LogP contribution in [0.1, 0.15) is 18.9 Å². The molecule has 0 saturated heterocycles. The number of fused-ring (bicyclic) bond motifs is 1. The SMILES string of the molecule is CCC(=O)Oc1c(OC)c(OC)c(O)c2ccc(C)cc12. The fraction of sp³-hybridized carbons (Fsp3) is 0.312. The van der Waals surface area contributed by atoms with Crippen molar-refractivity contribution in [1.29, 1.82) is 0 Å². The summed E-state index contributed by atoms with van der Waals surface area (Å²) >= 11 is 0. The average Bonchev–Trinajstić information content (AvgIpc) is 2.49. The fourth-order valence-electron chi connectivity index (χ4n) is 2.17. The number of hydrogen-bond donors (Lipinski definition) is 1. The highest BCUT2D eigenvalue weighted by molar-refractivity contribution is 6.00. The number of aryl methyl sites for hydroxylation is 1. The molecule has 112 valence electrons. The third kappa shape index (κ3) is 2.59. The Morgan fingerprint density at radius 3 is 2.33 bits per heavy atom. The van der Waals surface area contributed by atoms with E-state index in [4.69, 9.17) is 14.2 Å². The van der Waals surface area contributed by atoms with E-state index in [2.05, 4.69) is 0 Å². The molecule has 0 aromatic heterocycles. The number of phenolic OH excluding ortho intramolecular Hbond substituents is 1. The number of rotatable bonds is 4. The molecule has 0 aliphatic heterocycles. The highest BCUT2D eigenvalue weighted by atomic mass is 16.6. The second-order valence-corrected chi connectivity index (χ2v) is 4.62. The summed E-state index contributed by atoms with van der Waals surface area (Å²) in [6.07, 6.45) is 0.236. The van der Waals surface area contributed by atoms with Gasteiger partial charge in [-0.1, -0.05) is 24.6 Å². The van der Waals surface area contributed by atoms with Crippen molar-refractivity contribution in [3.63, 3.8) is 0 Å². The zero-order chi connectivity index (χ0) is 15.6. The van der Waals surface area contributed by atoms with E-state index in [0.29, 0.717) is 10.8 Å². The molecule has 2 aromatic carbocycles. The minimum absolute atomic E-state index is 0.0411. The van der Waals surface area contributed by atoms with Crippen LogP contribution >= 0.6 is 0 Å². The molecular weight excluding hydrogens is 272 g/mol. The number of methoxy groups -OCH3 is 2. The third-order valence-corrected chi connectivity index (χ3v) is 3.22. The summed E-state index contributed by atoms with van der Waals surface area (Å²) in [4.78, 5) is 11.7. The number of ether oxygens (including phenoxy) is 3. The Balaban J connectivity index is 2.85. The molecule has 1 N–H and O–H groups in total. The largest absolute Gasteiger partial charge is 0.504 e. The van der Waals surface area contributed by atoms with Crippen LogP contribution in [0, 0.1) is 6.92 Å². The molecule has 0 bridgehead atoms. The zero-order valence-corrected chi connectivity index (χ0v) is 12.5. The molecule has 0 fully saturated rings. The molecule has 2 aromatic rings. The maximum Gasteiger partial charge on any atom is 0.311 e. The standard InChI is InChI=1S/C16H18O5/c1-5-12(17)21-14-11-8-9(2)6-7-10(11)13(18)15(19-3)16(14)20-4/h6-8,18H,5H2,1-4H3. The van der Waals surface area contributed by atoms with Crippen molar-refractivity contribution < 1.29 is 24.1 Å². The molecule has 5 heteroatoms. The number of aromatic hydroxyl groups is 1. The number of hydrogen-bond acceptors (Lipinski definition) is 5. The summed E-state index contributed by atoms with van der Waals surface area (Å²) in [5, 5.41) is 11.5. The Kier molecular flexibility index (Phi) is 4.21. The Labute approximate surface area is 123 Å². The van der Waals surface area contributed by atoms with Gasteiger partial charge < -0.3 is 19.3 Å². The monoisotopic (exact) mass is 290 g/mol. The number of esters is 1. The van der Waals surface area contributed by atoms with Gasteiger partial charge in [0.15, 0.2) is 11.5 Å². The van der Waals surface area contributed by atoms with Crippen molar-refractivity contribution in [3.8, 4) is 23.0 Å². The van der Waals surface area contributed by atoms with Crippen LogP contribution in [0.5, 0.6) is 23.0 Å². The highest BCUT2D eigenvalue weighted by Crippen LogP contribution is 2.50. The van der Waals surface area contributed by atoms with Gasteiger partial charge in [-0.05, 0) is 13.0 Å². The lowest BCUT2D eigenvalue weighted by Crippen LogP contribution is -2.08. The molecule has 0 unspecified atom stereocenters. The van der Waals surface area contributed by atoms with Crippen molar-refractivity contribution in [2.75, 3.05) is 14.2 Å². The van der Waals surface area contributed by atoms with Gasteiger partial charge in [0.1, 0.15) is 0 Å². The van der Waals surface area contributed by atoms with Gasteiger partial charge in [0.05, 0.1) is 14.2 Å². The first-order valence-electron chi connectivity index (χ1n) is 6.61. The molecule has 0 aliphatic carbocycles. The molecule has 0 amide bonds. The van der Waals surface area contributed by atoms with Crippen molar-refractivity contribution in [2.45, 2.75) is 20.3 Å². The first-order valence-corrected chi connectivity index (χ1v) is 6.61. The maximum atomic E-state index is 11.7. The van der Waals surface area contributed by atoms with E-state index in [1.54, 1.807) is 13.0 Å². The van der Waals surface area contributed by atoms with Gasteiger partial charge >= 0.3 is 5.97 Å². The van der Waals surface area contributed by atoms with E-state index in [1.807, 2.05) is 19.1 Å². The Morgan fingerprint density at radius 2 is 1.76 bits per heavy atom. The fourth-order valence-corrected chi connectivity index (χ4v) is 2.17. The summed E-state index contributed by atoms with van der Waals surface area (Å²) < 4.78 is 15.9. The first-order chi connectivity index (χ1) is 10.0. The Morgan fingerprint density at radius 1 is 1.10 bits per heavy atom. The number of carbonyl (C=O) groups excluding carboxylic acids is 1. The van der Waals surface area contributed by atoms with Gasteiger partial charge in [0, 0.05) is 17.2 Å². The van der Waals surface area contributed by atoms with Crippen LogP contribution in [0.4, 0.5) is 0 Å². The van der Waals surface area contributed by atoms with Gasteiger partial charge in [-0.3, -0.25) is 4.79 Å². The van der Waals surface area contributed by atoms with E-state index in [0.717, 1.165) is 5.56 Å². The molecule has 21 heavy (non-hydrogen) atoms. The second-order valence-electron chi connectivity index (χ2n) is 4.62. The predicted octanol–water partition coefficient (Wildman–Crippen LogP) is 3.19. The summed E-state index contributed by atoms with van der Waals surface area (Å²) in [5.41, 5.74) is 0.975. The lowest BCUT2D eigenvalue weighted by Gasteiger charge is -2.17. The normalized spacial score (nSPS) is 10.5. The zero-order valence-electron chi connectivity index (χ0n) is 12.5. The summed E-state index contributed by atoms with van der Waals surface area (Å²) in [6.45, 7) is 3.62. The lowest BCUT2D eigenvalue weighted by atomic mass is 10.0. The third-order valence-electron chi connectivity index (χ3n) is 3.22. The maximum absolute atomic E-state index is 11.7. The molecule has 5 nitrogen and oxygen atoms in total. The minimum atomic E-state index is -0.385. The van der Waals surface area contributed by atoms with Gasteiger partial charge in [0.25, 0.3) is 0 Å². The minimum Gasteiger partial charge on any atom is -0.504 e. The predicted molar refractivity (Wildman–Crippen MR) is 79.4 cm³/mol. The number of benzene rings is 2. The molecule has 0 atom stereocenters. The molecule has 0 heterocycles. The molecular formula is C16H18O5. The van der Waals surface area contributed by atoms with Gasteiger partial charge in [0.2, 0.25) is 11.5 Å². The Bertz CT molecular complexity index is 691. The van der Waals surface area contributed by atoms with Crippen LogP contribution in [-0.2, 0) is 4.79 Å². The van der Waals surface area contributed by atoms with E-state index >= 15 is 0 Å². The lowest BCUT2D eigenvalue weighted by molar-refractivity contribution is -0.134. The van der Waals surface area contributed by atoms with Crippen LogP contribution in [-0.4, -0.2) is 25.3 Å². The molecule has 2 rings (SSSR count). The topological polar surface area (TPSA) is 65.0 Å². The van der Waals surface area contributed by atoms with E-state index < -0.39 is 0 Å². The van der Waals surface area contributed by atoms with Gasteiger partial charge in [-0.2, -0.15) is 0 Å². The quantitative estimate of drug-likeness (QED) is 0.692. The second kappa shape index (κ2) is 5.91. The number of phenols is 1. The van der Waals surface area contributed by atoms with Crippen molar-refractivity contribution in [3.05, 3.63) is 23.8 Å². The molecule has 0 radical (unpaired) electrons. The highest BCUT2D eigenvalue weighted by Gasteiger charge is 2.23. The molecule has 0 saturated carbocycles. The van der Waals surface area contributed by atoms with Crippen molar-refractivity contribution >= 4 is 16.7 Å². The van der Waals surface area contributed by atoms with E-state index in [-0.39, 0.29) is 35.4 Å². The Hall–Kier alpha value is -2.43. The van der Waals surface area contributed by atoms with Crippen LogP contribution < -0.4 is 14.2 Å².